The maximum absolute atomic E-state index is 12.8. The molecule has 0 bridgehead atoms. The van der Waals surface area contributed by atoms with Crippen molar-refractivity contribution in [2.24, 2.45) is 0 Å². The van der Waals surface area contributed by atoms with Crippen LogP contribution in [-0.4, -0.2) is 57.2 Å². The van der Waals surface area contributed by atoms with Crippen LogP contribution in [0.4, 0.5) is 0 Å². The quantitative estimate of drug-likeness (QED) is 0.243. The van der Waals surface area contributed by atoms with Gasteiger partial charge in [-0.1, -0.05) is 41.9 Å². The number of rotatable bonds is 7. The molecule has 1 aromatic carbocycles. The molecule has 2 heterocycles. The number of nitrogens with zero attached hydrogens (tertiary/aromatic N) is 3. The molecule has 0 aliphatic rings. The number of fused-ring (bicyclic) bond motifs is 1. The van der Waals surface area contributed by atoms with Crippen LogP contribution < -0.4 is 5.32 Å². The average Bonchev–Trinajstić information content (AvgIpc) is 3.10. The molecule has 2 atom stereocenters. The summed E-state index contributed by atoms with van der Waals surface area (Å²) >= 11 is 5.88. The summed E-state index contributed by atoms with van der Waals surface area (Å²) in [6.45, 7) is 0. The van der Waals surface area contributed by atoms with Gasteiger partial charge in [0.1, 0.15) is 16.9 Å². The number of pyridine rings is 1. The van der Waals surface area contributed by atoms with E-state index in [0.29, 0.717) is 15.5 Å². The minimum absolute atomic E-state index is 0.284. The van der Waals surface area contributed by atoms with E-state index in [-0.39, 0.29) is 12.1 Å². The first-order chi connectivity index (χ1) is 13.3. The van der Waals surface area contributed by atoms with Gasteiger partial charge in [0.2, 0.25) is 0 Å². The molecule has 0 unspecified atom stereocenters. The van der Waals surface area contributed by atoms with Gasteiger partial charge >= 0.3 is 6.23 Å². The highest BCUT2D eigenvalue weighted by molar-refractivity contribution is 6.30. The molecule has 0 spiro atoms. The number of amides is 1. The SMILES string of the molecule is CN(C)[N+](=O)[C@@H](O)[C@H](Cc1ccccc1)NC(=O)c1cc2cc(Cl)ncc2[nH]1. The summed E-state index contributed by atoms with van der Waals surface area (Å²) in [5.41, 5.74) is 1.83. The molecule has 0 aliphatic heterocycles. The van der Waals surface area contributed by atoms with Crippen molar-refractivity contribution in [2.75, 3.05) is 14.1 Å². The summed E-state index contributed by atoms with van der Waals surface area (Å²) in [5, 5.41) is 15.5. The van der Waals surface area contributed by atoms with E-state index in [1.54, 1.807) is 12.1 Å². The molecule has 8 nitrogen and oxygen atoms in total. The van der Waals surface area contributed by atoms with E-state index in [2.05, 4.69) is 15.3 Å². The first-order valence-electron chi connectivity index (χ1n) is 8.66. The van der Waals surface area contributed by atoms with Gasteiger partial charge in [0.25, 0.3) is 5.91 Å². The number of aliphatic hydroxyl groups excluding tert-OH is 1. The number of carbonyl (C=O) groups is 1. The fourth-order valence-electron chi connectivity index (χ4n) is 2.86. The van der Waals surface area contributed by atoms with Crippen LogP contribution in [0, 0.1) is 4.91 Å². The van der Waals surface area contributed by atoms with Crippen LogP contribution in [0.15, 0.2) is 48.7 Å². The van der Waals surface area contributed by atoms with E-state index in [1.807, 2.05) is 30.3 Å². The maximum Gasteiger partial charge on any atom is 0.355 e. The van der Waals surface area contributed by atoms with E-state index in [1.165, 1.54) is 25.3 Å². The van der Waals surface area contributed by atoms with Crippen LogP contribution in [0.5, 0.6) is 0 Å². The Bertz CT molecular complexity index is 990. The molecule has 0 saturated heterocycles. The van der Waals surface area contributed by atoms with Crippen LogP contribution in [0.2, 0.25) is 5.15 Å². The predicted octanol–water partition coefficient (Wildman–Crippen LogP) is 2.13. The van der Waals surface area contributed by atoms with Gasteiger partial charge < -0.3 is 15.4 Å². The number of hydrogen-bond donors (Lipinski definition) is 3. The van der Waals surface area contributed by atoms with Crippen LogP contribution in [0.3, 0.4) is 0 Å². The minimum atomic E-state index is -1.46. The number of nitrogens with one attached hydrogen (secondary N) is 2. The predicted molar refractivity (Wildman–Crippen MR) is 106 cm³/mol. The lowest BCUT2D eigenvalue weighted by Crippen LogP contribution is -2.52. The Balaban J connectivity index is 1.84. The fourth-order valence-corrected chi connectivity index (χ4v) is 3.03. The fraction of sp³-hybridized carbons (Fsp3) is 0.263. The molecule has 0 radical (unpaired) electrons. The molecule has 0 saturated carbocycles. The van der Waals surface area contributed by atoms with Gasteiger partial charge in [-0.15, -0.1) is 5.01 Å². The van der Waals surface area contributed by atoms with Crippen LogP contribution >= 0.6 is 11.6 Å². The van der Waals surface area contributed by atoms with Crippen LogP contribution in [0.1, 0.15) is 16.1 Å². The Morgan fingerprint density at radius 3 is 2.71 bits per heavy atom. The van der Waals surface area contributed by atoms with Crippen molar-refractivity contribution in [3.05, 3.63) is 70.0 Å². The number of hydrazine groups is 1. The molecule has 0 aliphatic carbocycles. The molecule has 0 fully saturated rings. The lowest BCUT2D eigenvalue weighted by molar-refractivity contribution is -0.755. The Morgan fingerprint density at radius 1 is 1.32 bits per heavy atom. The highest BCUT2D eigenvalue weighted by atomic mass is 35.5. The number of nitroso groups, excluding NO2 is 1. The summed E-state index contributed by atoms with van der Waals surface area (Å²) in [6, 6.07) is 11.8. The Hall–Kier alpha value is -2.97. The molecule has 2 aromatic heterocycles. The summed E-state index contributed by atoms with van der Waals surface area (Å²) in [5.74, 6) is -0.445. The molecular weight excluding hydrogens is 382 g/mol. The van der Waals surface area contributed by atoms with E-state index >= 15 is 0 Å². The molecule has 9 heteroatoms. The first kappa shape index (κ1) is 19.8. The third-order valence-electron chi connectivity index (χ3n) is 4.31. The van der Waals surface area contributed by atoms with Gasteiger partial charge in [-0.05, 0) is 17.7 Å². The number of aromatic amines is 1. The zero-order valence-electron chi connectivity index (χ0n) is 15.5. The number of aromatic nitrogens is 2. The maximum atomic E-state index is 12.8. The summed E-state index contributed by atoms with van der Waals surface area (Å²) < 4.78 is 0. The van der Waals surface area contributed by atoms with Crippen LogP contribution in [0.25, 0.3) is 10.9 Å². The number of aliphatic hydroxyl groups is 1. The standard InChI is InChI=1S/C19H20ClN5O3/c1-24(2)25(28)19(27)15(8-12-6-4-3-5-7-12)23-18(26)14-9-13-10-17(20)21-11-16(13)22-14/h3-7,9-11,15,19,27H,8H2,1-2H3,(H-,21,22,23,26)/p+1/t15-,19-/m0/s1. The van der Waals surface area contributed by atoms with E-state index in [9.17, 15) is 14.8 Å². The topological polar surface area (TPSA) is 101 Å². The van der Waals surface area contributed by atoms with Crippen molar-refractivity contribution < 1.29 is 14.8 Å². The molecule has 3 rings (SSSR count). The van der Waals surface area contributed by atoms with Gasteiger partial charge in [-0.25, -0.2) is 4.98 Å². The summed E-state index contributed by atoms with van der Waals surface area (Å²) in [7, 11) is 3.04. The Labute approximate surface area is 166 Å². The normalized spacial score (nSPS) is 13.1. The average molecular weight is 403 g/mol. The second kappa shape index (κ2) is 8.37. The number of benzene rings is 1. The monoisotopic (exact) mass is 402 g/mol. The van der Waals surface area contributed by atoms with Crippen molar-refractivity contribution in [1.82, 2.24) is 20.3 Å². The number of carbonyl (C=O) groups excluding carboxylic acids is 1. The van der Waals surface area contributed by atoms with Crippen LogP contribution in [-0.2, 0) is 6.42 Å². The molecule has 146 valence electrons. The van der Waals surface area contributed by atoms with E-state index in [0.717, 1.165) is 10.9 Å². The Morgan fingerprint density at radius 2 is 2.04 bits per heavy atom. The lowest BCUT2D eigenvalue weighted by Gasteiger charge is -2.19. The zero-order chi connectivity index (χ0) is 20.3. The second-order valence-electron chi connectivity index (χ2n) is 6.61. The van der Waals surface area contributed by atoms with Gasteiger partial charge in [0.15, 0.2) is 4.87 Å². The molecule has 1 amide bonds. The second-order valence-corrected chi connectivity index (χ2v) is 7.00. The van der Waals surface area contributed by atoms with Gasteiger partial charge in [-0.2, -0.15) is 0 Å². The van der Waals surface area contributed by atoms with Crippen molar-refractivity contribution in [3.8, 4) is 0 Å². The lowest BCUT2D eigenvalue weighted by atomic mass is 10.0. The zero-order valence-corrected chi connectivity index (χ0v) is 16.2. The number of H-pyrrole nitrogens is 1. The third-order valence-corrected chi connectivity index (χ3v) is 4.52. The van der Waals surface area contributed by atoms with Crippen molar-refractivity contribution >= 4 is 28.4 Å². The van der Waals surface area contributed by atoms with E-state index < -0.39 is 18.2 Å². The van der Waals surface area contributed by atoms with Gasteiger partial charge in [0.05, 0.1) is 30.7 Å². The molecule has 3 aromatic rings. The Kier molecular flexibility index (Phi) is 5.91. The van der Waals surface area contributed by atoms with E-state index in [4.69, 9.17) is 11.6 Å². The third kappa shape index (κ3) is 4.47. The van der Waals surface area contributed by atoms with Crippen molar-refractivity contribution in [3.63, 3.8) is 0 Å². The largest absolute Gasteiger partial charge is 0.355 e. The van der Waals surface area contributed by atoms with Crippen molar-refractivity contribution in [1.29, 1.82) is 0 Å². The van der Waals surface area contributed by atoms with Gasteiger partial charge in [0, 0.05) is 11.8 Å². The highest BCUT2D eigenvalue weighted by Gasteiger charge is 2.36. The first-order valence-corrected chi connectivity index (χ1v) is 9.03. The smallest absolute Gasteiger partial charge is 0.349 e. The van der Waals surface area contributed by atoms with Crippen molar-refractivity contribution in [2.45, 2.75) is 18.7 Å². The highest BCUT2D eigenvalue weighted by Crippen LogP contribution is 2.18. The van der Waals surface area contributed by atoms with Gasteiger partial charge in [-0.3, -0.25) is 4.79 Å². The number of hydrogen-bond acceptors (Lipinski definition) is 4. The molecule has 28 heavy (non-hydrogen) atoms. The number of halogens is 1. The summed E-state index contributed by atoms with van der Waals surface area (Å²) in [6.07, 6.45) is 0.365. The minimum Gasteiger partial charge on any atom is -0.349 e. The molecular formula is C19H21ClN5O3+. The molecule has 3 N–H and O–H groups in total. The summed E-state index contributed by atoms with van der Waals surface area (Å²) in [4.78, 5) is 32.3.